The van der Waals surface area contributed by atoms with E-state index in [4.69, 9.17) is 0 Å². The first-order valence-corrected chi connectivity index (χ1v) is 3.10. The lowest BCUT2D eigenvalue weighted by atomic mass is 10.4. The smallest absolute Gasteiger partial charge is 0.0915 e. The van der Waals surface area contributed by atoms with Gasteiger partial charge >= 0.3 is 0 Å². The summed E-state index contributed by atoms with van der Waals surface area (Å²) in [6, 6.07) is 0. The van der Waals surface area contributed by atoms with Crippen LogP contribution >= 0.6 is 0 Å². The highest BCUT2D eigenvalue weighted by Gasteiger charge is 1.97. The molecule has 0 heterocycles. The molecular formula is C7H13NO2. The van der Waals surface area contributed by atoms with Crippen molar-refractivity contribution in [2.45, 2.75) is 6.42 Å². The largest absolute Gasteiger partial charge is 0.550 e. The minimum absolute atomic E-state index is 0.00444. The van der Waals surface area contributed by atoms with Gasteiger partial charge in [-0.3, -0.25) is 0 Å². The normalized spacial score (nSPS) is 12.3. The maximum Gasteiger partial charge on any atom is 0.0915 e. The molecule has 10 heavy (non-hydrogen) atoms. The van der Waals surface area contributed by atoms with Crippen molar-refractivity contribution in [2.24, 2.45) is 0 Å². The van der Waals surface area contributed by atoms with Gasteiger partial charge in [0.1, 0.15) is 0 Å². The summed E-state index contributed by atoms with van der Waals surface area (Å²) in [6.45, 7) is 0. The van der Waals surface area contributed by atoms with Gasteiger partial charge < -0.3 is 14.4 Å². The van der Waals surface area contributed by atoms with E-state index in [2.05, 4.69) is 0 Å². The molecule has 0 aliphatic rings. The lowest BCUT2D eigenvalue weighted by molar-refractivity contribution is -0.817. The molecule has 0 aromatic carbocycles. The summed E-state index contributed by atoms with van der Waals surface area (Å²) in [7, 11) is 5.85. The summed E-state index contributed by atoms with van der Waals surface area (Å²) in [6.07, 6.45) is 3.39. The first-order valence-electron chi connectivity index (χ1n) is 3.10. The Kier molecular flexibility index (Phi) is 3.09. The predicted octanol–water partition coefficient (Wildman–Crippen LogP) is -0.654. The molecule has 0 aliphatic heterocycles. The molecule has 0 aromatic heterocycles. The summed E-state index contributed by atoms with van der Waals surface area (Å²) in [4.78, 5) is 9.92. The van der Waals surface area contributed by atoms with E-state index < -0.39 is 5.97 Å². The lowest BCUT2D eigenvalue weighted by Crippen LogP contribution is -2.27. The van der Waals surface area contributed by atoms with Crippen LogP contribution in [0.15, 0.2) is 12.3 Å². The number of quaternary nitrogens is 1. The van der Waals surface area contributed by atoms with Crippen molar-refractivity contribution < 1.29 is 14.4 Å². The van der Waals surface area contributed by atoms with Crippen molar-refractivity contribution in [3.63, 3.8) is 0 Å². The molecule has 3 heteroatoms. The maximum atomic E-state index is 9.92. The second kappa shape index (κ2) is 3.37. The van der Waals surface area contributed by atoms with Gasteiger partial charge in [-0.2, -0.15) is 0 Å². The molecule has 0 aliphatic carbocycles. The molecule has 0 saturated heterocycles. The molecule has 58 valence electrons. The third-order valence-electron chi connectivity index (χ3n) is 0.837. The number of carbonyl (C=O) groups is 1. The van der Waals surface area contributed by atoms with Gasteiger partial charge in [0.2, 0.25) is 0 Å². The molecule has 0 rings (SSSR count). The van der Waals surface area contributed by atoms with Crippen LogP contribution in [0.4, 0.5) is 0 Å². The van der Waals surface area contributed by atoms with Crippen molar-refractivity contribution in [1.29, 1.82) is 0 Å². The monoisotopic (exact) mass is 143 g/mol. The van der Waals surface area contributed by atoms with Crippen molar-refractivity contribution in [1.82, 2.24) is 0 Å². The standard InChI is InChI=1S/C7H13NO2/c1-8(2,3)6-4-5-7(9)10/h4,6H,5H2,1-3H3. The summed E-state index contributed by atoms with van der Waals surface area (Å²) in [5, 5.41) is 9.92. The van der Waals surface area contributed by atoms with Gasteiger partial charge in [-0.25, -0.2) is 0 Å². The molecule has 0 aromatic rings. The van der Waals surface area contributed by atoms with Crippen LogP contribution in [-0.2, 0) is 4.79 Å². The topological polar surface area (TPSA) is 40.1 Å². The van der Waals surface area contributed by atoms with E-state index >= 15 is 0 Å². The molecule has 0 spiro atoms. The van der Waals surface area contributed by atoms with E-state index in [0.29, 0.717) is 4.48 Å². The Morgan fingerprint density at radius 2 is 2.00 bits per heavy atom. The number of rotatable bonds is 3. The first kappa shape index (κ1) is 9.17. The zero-order valence-corrected chi connectivity index (χ0v) is 6.63. The number of aliphatic carboxylic acids is 1. The van der Waals surface area contributed by atoms with Gasteiger partial charge in [0, 0.05) is 12.4 Å². The summed E-state index contributed by atoms with van der Waals surface area (Å²) in [5.41, 5.74) is 0. The fraction of sp³-hybridized carbons (Fsp3) is 0.571. The van der Waals surface area contributed by atoms with Gasteiger partial charge in [0.15, 0.2) is 0 Å². The Bertz CT molecular complexity index is 144. The number of carboxylic acid groups (broad SMARTS) is 1. The summed E-state index contributed by atoms with van der Waals surface area (Å²) in [5.74, 6) is -1.04. The predicted molar refractivity (Wildman–Crippen MR) is 36.8 cm³/mol. The molecule has 0 atom stereocenters. The van der Waals surface area contributed by atoms with Crippen LogP contribution in [0.25, 0.3) is 0 Å². The van der Waals surface area contributed by atoms with Crippen molar-refractivity contribution in [2.75, 3.05) is 21.1 Å². The van der Waals surface area contributed by atoms with Crippen LogP contribution in [0.1, 0.15) is 6.42 Å². The number of nitrogens with zero attached hydrogens (tertiary/aromatic N) is 1. The molecule has 0 fully saturated rings. The number of carbonyl (C=O) groups excluding carboxylic acids is 1. The molecule has 0 bridgehead atoms. The Balaban J connectivity index is 3.67. The van der Waals surface area contributed by atoms with Gasteiger partial charge in [0.25, 0.3) is 0 Å². The van der Waals surface area contributed by atoms with Crippen molar-refractivity contribution in [3.8, 4) is 0 Å². The van der Waals surface area contributed by atoms with Crippen LogP contribution in [0, 0.1) is 0 Å². The fourth-order valence-electron chi connectivity index (χ4n) is 0.465. The Hall–Kier alpha value is -0.830. The lowest BCUT2D eigenvalue weighted by Gasteiger charge is -2.17. The maximum absolute atomic E-state index is 9.92. The van der Waals surface area contributed by atoms with E-state index in [-0.39, 0.29) is 6.42 Å². The van der Waals surface area contributed by atoms with Crippen molar-refractivity contribution >= 4 is 5.97 Å². The van der Waals surface area contributed by atoms with Gasteiger partial charge in [-0.15, -0.1) is 0 Å². The molecule has 0 unspecified atom stereocenters. The molecular weight excluding hydrogens is 130 g/mol. The van der Waals surface area contributed by atoms with Crippen LogP contribution in [0.2, 0.25) is 0 Å². The highest BCUT2D eigenvalue weighted by molar-refractivity contribution is 5.66. The van der Waals surface area contributed by atoms with E-state index in [1.807, 2.05) is 21.1 Å². The Labute approximate surface area is 61.2 Å². The van der Waals surface area contributed by atoms with E-state index in [1.165, 1.54) is 0 Å². The third kappa shape index (κ3) is 7.17. The second-order valence-corrected chi connectivity index (χ2v) is 3.08. The minimum atomic E-state index is -1.04. The highest BCUT2D eigenvalue weighted by Crippen LogP contribution is 1.92. The Morgan fingerprint density at radius 1 is 1.50 bits per heavy atom. The number of hydrogen-bond donors (Lipinski definition) is 0. The van der Waals surface area contributed by atoms with Crippen LogP contribution in [0.3, 0.4) is 0 Å². The Morgan fingerprint density at radius 3 is 2.30 bits per heavy atom. The van der Waals surface area contributed by atoms with Crippen LogP contribution in [0.5, 0.6) is 0 Å². The average molecular weight is 143 g/mol. The first-order chi connectivity index (χ1) is 4.42. The average Bonchev–Trinajstić information content (AvgIpc) is 1.59. The number of carboxylic acids is 1. The van der Waals surface area contributed by atoms with Crippen molar-refractivity contribution in [3.05, 3.63) is 12.3 Å². The van der Waals surface area contributed by atoms with Crippen LogP contribution in [-0.4, -0.2) is 31.6 Å². The van der Waals surface area contributed by atoms with Gasteiger partial charge in [-0.05, 0) is 6.08 Å². The quantitative estimate of drug-likeness (QED) is 0.492. The number of hydrogen-bond acceptors (Lipinski definition) is 2. The molecule has 0 amide bonds. The SMILES string of the molecule is C[N+](C)(C)C=CCC(=O)[O-]. The van der Waals surface area contributed by atoms with E-state index in [0.717, 1.165) is 0 Å². The van der Waals surface area contributed by atoms with Gasteiger partial charge in [0.05, 0.1) is 27.3 Å². The van der Waals surface area contributed by atoms with Crippen LogP contribution < -0.4 is 5.11 Å². The molecule has 0 radical (unpaired) electrons. The summed E-state index contributed by atoms with van der Waals surface area (Å²) < 4.78 is 0.632. The fourth-order valence-corrected chi connectivity index (χ4v) is 0.465. The van der Waals surface area contributed by atoms with Gasteiger partial charge in [-0.1, -0.05) is 0 Å². The molecule has 0 N–H and O–H groups in total. The molecule has 0 saturated carbocycles. The van der Waals surface area contributed by atoms with E-state index in [9.17, 15) is 9.90 Å². The zero-order valence-electron chi connectivity index (χ0n) is 6.63. The zero-order chi connectivity index (χ0) is 8.20. The minimum Gasteiger partial charge on any atom is -0.550 e. The van der Waals surface area contributed by atoms with E-state index in [1.54, 1.807) is 12.3 Å². The molecule has 3 nitrogen and oxygen atoms in total. The second-order valence-electron chi connectivity index (χ2n) is 3.08. The third-order valence-corrected chi connectivity index (χ3v) is 0.837. The summed E-state index contributed by atoms with van der Waals surface area (Å²) >= 11 is 0. The highest BCUT2D eigenvalue weighted by atomic mass is 16.4.